The molecule has 2 atom stereocenters. The molecule has 20 heavy (non-hydrogen) atoms. The SMILES string of the molecule is CNC1(C(=O)OC)CCC(N(CC2CC2)CC2CC2)C1. The number of esters is 1. The van der Waals surface area contributed by atoms with E-state index in [1.54, 1.807) is 0 Å². The second-order valence-corrected chi connectivity index (χ2v) is 7.06. The number of rotatable bonds is 7. The molecule has 3 aliphatic rings. The van der Waals surface area contributed by atoms with Crippen LogP contribution in [-0.2, 0) is 9.53 Å². The summed E-state index contributed by atoms with van der Waals surface area (Å²) < 4.78 is 5.02. The number of carbonyl (C=O) groups is 1. The van der Waals surface area contributed by atoms with Crippen LogP contribution >= 0.6 is 0 Å². The van der Waals surface area contributed by atoms with Gasteiger partial charge in [0.25, 0.3) is 0 Å². The van der Waals surface area contributed by atoms with Gasteiger partial charge < -0.3 is 10.1 Å². The second-order valence-electron chi connectivity index (χ2n) is 7.06. The fourth-order valence-corrected chi connectivity index (χ4v) is 3.68. The van der Waals surface area contributed by atoms with Crippen LogP contribution in [0.5, 0.6) is 0 Å². The van der Waals surface area contributed by atoms with Crippen LogP contribution in [0.25, 0.3) is 0 Å². The molecule has 114 valence electrons. The predicted octanol–water partition coefficient (Wildman–Crippen LogP) is 1.79. The highest BCUT2D eigenvalue weighted by molar-refractivity contribution is 5.81. The molecule has 0 radical (unpaired) electrons. The zero-order chi connectivity index (χ0) is 14.2. The van der Waals surface area contributed by atoms with Crippen LogP contribution in [0, 0.1) is 11.8 Å². The lowest BCUT2D eigenvalue weighted by molar-refractivity contribution is -0.148. The third kappa shape index (κ3) is 3.01. The third-order valence-electron chi connectivity index (χ3n) is 5.44. The highest BCUT2D eigenvalue weighted by Gasteiger charge is 2.47. The lowest BCUT2D eigenvalue weighted by Gasteiger charge is -2.31. The molecule has 0 aromatic carbocycles. The molecule has 3 aliphatic carbocycles. The Bertz CT molecular complexity index is 351. The van der Waals surface area contributed by atoms with Gasteiger partial charge in [-0.3, -0.25) is 9.69 Å². The molecule has 0 heterocycles. The van der Waals surface area contributed by atoms with Gasteiger partial charge in [-0.15, -0.1) is 0 Å². The van der Waals surface area contributed by atoms with Crippen molar-refractivity contribution in [3.05, 3.63) is 0 Å². The highest BCUT2D eigenvalue weighted by atomic mass is 16.5. The summed E-state index contributed by atoms with van der Waals surface area (Å²) in [6.45, 7) is 2.50. The van der Waals surface area contributed by atoms with E-state index in [4.69, 9.17) is 4.74 Å². The fraction of sp³-hybridized carbons (Fsp3) is 0.938. The molecule has 0 saturated heterocycles. The molecule has 0 amide bonds. The van der Waals surface area contributed by atoms with Gasteiger partial charge >= 0.3 is 5.97 Å². The maximum atomic E-state index is 12.1. The summed E-state index contributed by atoms with van der Waals surface area (Å²) in [5.74, 6) is 1.77. The molecular weight excluding hydrogens is 252 g/mol. The zero-order valence-corrected chi connectivity index (χ0v) is 12.9. The van der Waals surface area contributed by atoms with E-state index in [1.165, 1.54) is 45.9 Å². The van der Waals surface area contributed by atoms with Gasteiger partial charge in [-0.05, 0) is 63.8 Å². The summed E-state index contributed by atoms with van der Waals surface area (Å²) in [6, 6.07) is 0.558. The maximum absolute atomic E-state index is 12.1. The number of hydrogen-bond acceptors (Lipinski definition) is 4. The lowest BCUT2D eigenvalue weighted by Crippen LogP contribution is -2.50. The first-order valence-corrected chi connectivity index (χ1v) is 8.18. The Kier molecular flexibility index (Phi) is 4.04. The van der Waals surface area contributed by atoms with Gasteiger partial charge in [0, 0.05) is 19.1 Å². The predicted molar refractivity (Wildman–Crippen MR) is 78.5 cm³/mol. The first kappa shape index (κ1) is 14.3. The molecule has 0 bridgehead atoms. The normalized spacial score (nSPS) is 33.6. The van der Waals surface area contributed by atoms with Crippen molar-refractivity contribution in [1.82, 2.24) is 10.2 Å². The van der Waals surface area contributed by atoms with Crippen LogP contribution in [-0.4, -0.2) is 49.7 Å². The molecule has 0 aliphatic heterocycles. The van der Waals surface area contributed by atoms with Crippen molar-refractivity contribution in [2.45, 2.75) is 56.5 Å². The average Bonchev–Trinajstić information content (AvgIpc) is 3.39. The highest BCUT2D eigenvalue weighted by Crippen LogP contribution is 2.39. The van der Waals surface area contributed by atoms with Gasteiger partial charge in [-0.2, -0.15) is 0 Å². The topological polar surface area (TPSA) is 41.6 Å². The summed E-state index contributed by atoms with van der Waals surface area (Å²) in [5.41, 5.74) is -0.440. The van der Waals surface area contributed by atoms with Crippen LogP contribution in [0.2, 0.25) is 0 Å². The van der Waals surface area contributed by atoms with Gasteiger partial charge in [-0.25, -0.2) is 0 Å². The number of hydrogen-bond donors (Lipinski definition) is 1. The Balaban J connectivity index is 1.63. The number of ether oxygens (including phenoxy) is 1. The fourth-order valence-electron chi connectivity index (χ4n) is 3.68. The number of carbonyl (C=O) groups excluding carboxylic acids is 1. The molecule has 3 saturated carbocycles. The van der Waals surface area contributed by atoms with Gasteiger partial charge in [0.05, 0.1) is 7.11 Å². The van der Waals surface area contributed by atoms with Crippen LogP contribution in [0.3, 0.4) is 0 Å². The van der Waals surface area contributed by atoms with E-state index in [0.717, 1.165) is 31.1 Å². The molecule has 4 heteroatoms. The first-order valence-electron chi connectivity index (χ1n) is 8.18. The van der Waals surface area contributed by atoms with Crippen molar-refractivity contribution < 1.29 is 9.53 Å². The quantitative estimate of drug-likeness (QED) is 0.722. The molecule has 4 nitrogen and oxygen atoms in total. The van der Waals surface area contributed by atoms with E-state index in [1.807, 2.05) is 7.05 Å². The number of nitrogens with zero attached hydrogens (tertiary/aromatic N) is 1. The van der Waals surface area contributed by atoms with Crippen molar-refractivity contribution in [3.63, 3.8) is 0 Å². The number of methoxy groups -OCH3 is 1. The van der Waals surface area contributed by atoms with Crippen LogP contribution in [0.4, 0.5) is 0 Å². The Labute approximate surface area is 122 Å². The maximum Gasteiger partial charge on any atom is 0.326 e. The van der Waals surface area contributed by atoms with Crippen molar-refractivity contribution in [2.75, 3.05) is 27.2 Å². The zero-order valence-electron chi connectivity index (χ0n) is 12.9. The minimum absolute atomic E-state index is 0.0831. The molecule has 0 aromatic rings. The van der Waals surface area contributed by atoms with E-state index in [2.05, 4.69) is 10.2 Å². The van der Waals surface area contributed by atoms with Gasteiger partial charge in [-0.1, -0.05) is 0 Å². The molecule has 1 N–H and O–H groups in total. The first-order chi connectivity index (χ1) is 9.66. The van der Waals surface area contributed by atoms with E-state index in [-0.39, 0.29) is 5.97 Å². The van der Waals surface area contributed by atoms with Crippen molar-refractivity contribution in [3.8, 4) is 0 Å². The van der Waals surface area contributed by atoms with E-state index < -0.39 is 5.54 Å². The largest absolute Gasteiger partial charge is 0.468 e. The summed E-state index contributed by atoms with van der Waals surface area (Å²) in [4.78, 5) is 14.8. The monoisotopic (exact) mass is 280 g/mol. The Morgan fingerprint density at radius 2 is 1.80 bits per heavy atom. The van der Waals surface area contributed by atoms with Gasteiger partial charge in [0.2, 0.25) is 0 Å². The molecule has 3 rings (SSSR count). The standard InChI is InChI=1S/C16H28N2O2/c1-17-16(15(19)20-2)8-7-14(9-16)18(10-12-3-4-12)11-13-5-6-13/h12-14,17H,3-11H2,1-2H3. The van der Waals surface area contributed by atoms with E-state index in [9.17, 15) is 4.79 Å². The van der Waals surface area contributed by atoms with Gasteiger partial charge in [0.1, 0.15) is 5.54 Å². The van der Waals surface area contributed by atoms with E-state index >= 15 is 0 Å². The minimum Gasteiger partial charge on any atom is -0.468 e. The summed E-state index contributed by atoms with van der Waals surface area (Å²) in [6.07, 6.45) is 8.56. The number of likely N-dealkylation sites (N-methyl/N-ethyl adjacent to an activating group) is 1. The Morgan fingerprint density at radius 3 is 2.25 bits per heavy atom. The minimum atomic E-state index is -0.440. The third-order valence-corrected chi connectivity index (χ3v) is 5.44. The van der Waals surface area contributed by atoms with Crippen LogP contribution in [0.1, 0.15) is 44.9 Å². The van der Waals surface area contributed by atoms with Crippen molar-refractivity contribution in [1.29, 1.82) is 0 Å². The Morgan fingerprint density at radius 1 is 1.20 bits per heavy atom. The molecule has 2 unspecified atom stereocenters. The van der Waals surface area contributed by atoms with Crippen molar-refractivity contribution >= 4 is 5.97 Å². The molecular formula is C16H28N2O2. The molecule has 0 aromatic heterocycles. The molecule has 0 spiro atoms. The smallest absolute Gasteiger partial charge is 0.326 e. The van der Waals surface area contributed by atoms with Crippen molar-refractivity contribution in [2.24, 2.45) is 11.8 Å². The summed E-state index contributed by atoms with van der Waals surface area (Å²) in [7, 11) is 3.40. The van der Waals surface area contributed by atoms with Crippen LogP contribution in [0.15, 0.2) is 0 Å². The summed E-state index contributed by atoms with van der Waals surface area (Å²) in [5, 5.41) is 3.25. The molecule has 3 fully saturated rings. The Hall–Kier alpha value is -0.610. The van der Waals surface area contributed by atoms with Gasteiger partial charge in [0.15, 0.2) is 0 Å². The average molecular weight is 280 g/mol. The lowest BCUT2D eigenvalue weighted by atomic mass is 9.97. The second kappa shape index (κ2) is 5.64. The summed E-state index contributed by atoms with van der Waals surface area (Å²) >= 11 is 0. The van der Waals surface area contributed by atoms with E-state index in [0.29, 0.717) is 6.04 Å². The van der Waals surface area contributed by atoms with Crippen LogP contribution < -0.4 is 5.32 Å². The number of nitrogens with one attached hydrogen (secondary N) is 1.